The first-order valence-corrected chi connectivity index (χ1v) is 3.68. The molecule has 8 heavy (non-hydrogen) atoms. The molecule has 0 aromatic carbocycles. The average molecular weight is 131 g/mol. The molecule has 1 atom stereocenters. The third-order valence-electron chi connectivity index (χ3n) is 1.60. The highest BCUT2D eigenvalue weighted by Crippen LogP contribution is 2.18. The van der Waals surface area contributed by atoms with E-state index in [0.29, 0.717) is 0 Å². The Morgan fingerprint density at radius 2 is 2.38 bits per heavy atom. The molecule has 0 bridgehead atoms. The molecule has 1 aliphatic carbocycles. The number of rotatable bonds is 1. The van der Waals surface area contributed by atoms with Gasteiger partial charge in [-0.15, -0.1) is 11.6 Å². The van der Waals surface area contributed by atoms with E-state index in [9.17, 15) is 0 Å². The Bertz CT molecular complexity index is 86.4. The zero-order valence-electron chi connectivity index (χ0n) is 4.94. The van der Waals surface area contributed by atoms with E-state index in [4.69, 9.17) is 11.6 Å². The van der Waals surface area contributed by atoms with Crippen molar-refractivity contribution in [1.29, 1.82) is 0 Å². The molecular weight excluding hydrogens is 120 g/mol. The summed E-state index contributed by atoms with van der Waals surface area (Å²) in [6.45, 7) is 0. The molecule has 0 spiro atoms. The van der Waals surface area contributed by atoms with Crippen molar-refractivity contribution in [3.05, 3.63) is 12.2 Å². The molecule has 0 amide bonds. The molecular formula is C7H11Cl. The SMILES string of the molecule is ClCC1CC=CCC1. The van der Waals surface area contributed by atoms with Gasteiger partial charge in [-0.1, -0.05) is 12.2 Å². The van der Waals surface area contributed by atoms with Crippen molar-refractivity contribution in [2.75, 3.05) is 5.88 Å². The Hall–Kier alpha value is 0.0300. The molecule has 0 fully saturated rings. The molecule has 1 aliphatic rings. The number of allylic oxidation sites excluding steroid dienone is 2. The molecule has 1 heteroatoms. The molecule has 0 aromatic rings. The zero-order valence-corrected chi connectivity index (χ0v) is 5.69. The van der Waals surface area contributed by atoms with Gasteiger partial charge in [0.05, 0.1) is 0 Å². The van der Waals surface area contributed by atoms with Crippen LogP contribution in [-0.2, 0) is 0 Å². The van der Waals surface area contributed by atoms with Crippen LogP contribution >= 0.6 is 11.6 Å². The lowest BCUT2D eigenvalue weighted by atomic mass is 9.97. The van der Waals surface area contributed by atoms with Gasteiger partial charge >= 0.3 is 0 Å². The van der Waals surface area contributed by atoms with Crippen molar-refractivity contribution in [3.63, 3.8) is 0 Å². The second-order valence-electron chi connectivity index (χ2n) is 2.30. The van der Waals surface area contributed by atoms with Gasteiger partial charge in [-0.05, 0) is 25.2 Å². The van der Waals surface area contributed by atoms with Crippen LogP contribution < -0.4 is 0 Å². The minimum absolute atomic E-state index is 0.765. The Morgan fingerprint density at radius 1 is 1.50 bits per heavy atom. The number of hydrogen-bond acceptors (Lipinski definition) is 0. The lowest BCUT2D eigenvalue weighted by molar-refractivity contribution is 0.533. The van der Waals surface area contributed by atoms with Gasteiger partial charge in [-0.3, -0.25) is 0 Å². The largest absolute Gasteiger partial charge is 0.126 e. The van der Waals surface area contributed by atoms with E-state index in [2.05, 4.69) is 12.2 Å². The monoisotopic (exact) mass is 130 g/mol. The predicted octanol–water partition coefficient (Wildman–Crippen LogP) is 2.58. The van der Waals surface area contributed by atoms with Gasteiger partial charge in [0.15, 0.2) is 0 Å². The Kier molecular flexibility index (Phi) is 2.41. The smallest absolute Gasteiger partial charge is 0.0254 e. The quantitative estimate of drug-likeness (QED) is 0.378. The highest BCUT2D eigenvalue weighted by Gasteiger charge is 2.06. The summed E-state index contributed by atoms with van der Waals surface area (Å²) < 4.78 is 0. The van der Waals surface area contributed by atoms with E-state index < -0.39 is 0 Å². The standard InChI is InChI=1S/C7H11Cl/c8-6-7-4-2-1-3-5-7/h1-2,7H,3-6H2. The summed E-state index contributed by atoms with van der Waals surface area (Å²) in [5, 5.41) is 0. The van der Waals surface area contributed by atoms with Crippen molar-refractivity contribution in [2.45, 2.75) is 19.3 Å². The maximum atomic E-state index is 5.65. The minimum Gasteiger partial charge on any atom is -0.126 e. The molecule has 1 unspecified atom stereocenters. The second kappa shape index (κ2) is 3.13. The van der Waals surface area contributed by atoms with Crippen LogP contribution in [0.15, 0.2) is 12.2 Å². The fourth-order valence-electron chi connectivity index (χ4n) is 0.996. The Balaban J connectivity index is 2.27. The van der Waals surface area contributed by atoms with Crippen molar-refractivity contribution in [1.82, 2.24) is 0 Å². The fraction of sp³-hybridized carbons (Fsp3) is 0.714. The van der Waals surface area contributed by atoms with Crippen molar-refractivity contribution in [2.24, 2.45) is 5.92 Å². The van der Waals surface area contributed by atoms with Crippen LogP contribution in [0.5, 0.6) is 0 Å². The third kappa shape index (κ3) is 1.52. The van der Waals surface area contributed by atoms with E-state index >= 15 is 0 Å². The highest BCUT2D eigenvalue weighted by atomic mass is 35.5. The number of hydrogen-bond donors (Lipinski definition) is 0. The van der Waals surface area contributed by atoms with Crippen LogP contribution in [0.3, 0.4) is 0 Å². The summed E-state index contributed by atoms with van der Waals surface area (Å²) in [5.41, 5.74) is 0. The van der Waals surface area contributed by atoms with Crippen molar-refractivity contribution in [3.8, 4) is 0 Å². The normalized spacial score (nSPS) is 28.4. The molecule has 0 saturated carbocycles. The number of halogens is 1. The highest BCUT2D eigenvalue weighted by molar-refractivity contribution is 6.18. The van der Waals surface area contributed by atoms with E-state index in [1.807, 2.05) is 0 Å². The molecule has 0 aromatic heterocycles. The van der Waals surface area contributed by atoms with Crippen LogP contribution in [0.1, 0.15) is 19.3 Å². The van der Waals surface area contributed by atoms with E-state index in [-0.39, 0.29) is 0 Å². The summed E-state index contributed by atoms with van der Waals surface area (Å²) in [6, 6.07) is 0. The van der Waals surface area contributed by atoms with Crippen molar-refractivity contribution < 1.29 is 0 Å². The Morgan fingerprint density at radius 3 is 2.75 bits per heavy atom. The van der Waals surface area contributed by atoms with Crippen LogP contribution in [0.25, 0.3) is 0 Å². The molecule has 46 valence electrons. The van der Waals surface area contributed by atoms with Gasteiger partial charge < -0.3 is 0 Å². The van der Waals surface area contributed by atoms with Gasteiger partial charge in [-0.25, -0.2) is 0 Å². The van der Waals surface area contributed by atoms with E-state index in [1.165, 1.54) is 19.3 Å². The summed E-state index contributed by atoms with van der Waals surface area (Å²) in [5.74, 6) is 1.60. The molecule has 0 N–H and O–H groups in total. The topological polar surface area (TPSA) is 0 Å². The van der Waals surface area contributed by atoms with Gasteiger partial charge in [0, 0.05) is 5.88 Å². The summed E-state index contributed by atoms with van der Waals surface area (Å²) in [4.78, 5) is 0. The molecule has 0 aliphatic heterocycles. The molecule has 0 heterocycles. The van der Waals surface area contributed by atoms with Gasteiger partial charge in [0.1, 0.15) is 0 Å². The van der Waals surface area contributed by atoms with Gasteiger partial charge in [0.2, 0.25) is 0 Å². The van der Waals surface area contributed by atoms with E-state index in [1.54, 1.807) is 0 Å². The van der Waals surface area contributed by atoms with Gasteiger partial charge in [-0.2, -0.15) is 0 Å². The lowest BCUT2D eigenvalue weighted by Crippen LogP contribution is -2.02. The first kappa shape index (κ1) is 6.15. The first-order chi connectivity index (χ1) is 3.93. The summed E-state index contributed by atoms with van der Waals surface area (Å²) in [7, 11) is 0. The van der Waals surface area contributed by atoms with E-state index in [0.717, 1.165) is 11.8 Å². The molecule has 0 saturated heterocycles. The third-order valence-corrected chi connectivity index (χ3v) is 2.03. The predicted molar refractivity (Wildman–Crippen MR) is 37.2 cm³/mol. The molecule has 0 nitrogen and oxygen atoms in total. The first-order valence-electron chi connectivity index (χ1n) is 3.14. The number of alkyl halides is 1. The van der Waals surface area contributed by atoms with Crippen LogP contribution in [0.4, 0.5) is 0 Å². The second-order valence-corrected chi connectivity index (χ2v) is 2.61. The average Bonchev–Trinajstić information content (AvgIpc) is 1.90. The lowest BCUT2D eigenvalue weighted by Gasteiger charge is -2.12. The summed E-state index contributed by atoms with van der Waals surface area (Å²) >= 11 is 5.65. The summed E-state index contributed by atoms with van der Waals surface area (Å²) in [6.07, 6.45) is 8.19. The maximum Gasteiger partial charge on any atom is 0.0254 e. The van der Waals surface area contributed by atoms with Crippen LogP contribution in [0, 0.1) is 5.92 Å². The maximum absolute atomic E-state index is 5.65. The zero-order chi connectivity index (χ0) is 5.82. The molecule has 1 rings (SSSR count). The van der Waals surface area contributed by atoms with Crippen molar-refractivity contribution >= 4 is 11.6 Å². The minimum atomic E-state index is 0.765. The van der Waals surface area contributed by atoms with Crippen LogP contribution in [-0.4, -0.2) is 5.88 Å². The van der Waals surface area contributed by atoms with Gasteiger partial charge in [0.25, 0.3) is 0 Å². The molecule has 0 radical (unpaired) electrons. The fourth-order valence-corrected chi connectivity index (χ4v) is 1.28. The van der Waals surface area contributed by atoms with Crippen LogP contribution in [0.2, 0.25) is 0 Å². The Labute approximate surface area is 55.5 Å².